The third-order valence-corrected chi connectivity index (χ3v) is 3.56. The van der Waals surface area contributed by atoms with Crippen LogP contribution in [0.15, 0.2) is 5.16 Å². The third kappa shape index (κ3) is 3.13. The van der Waals surface area contributed by atoms with Crippen LogP contribution in [-0.2, 0) is 16.0 Å². The van der Waals surface area contributed by atoms with Crippen molar-refractivity contribution in [1.29, 1.82) is 5.26 Å². The molecule has 1 atom stereocenters. The van der Waals surface area contributed by atoms with Crippen LogP contribution in [-0.4, -0.2) is 37.9 Å². The van der Waals surface area contributed by atoms with Crippen LogP contribution < -0.4 is 0 Å². The largest absolute Gasteiger partial charge is 0.447 e. The summed E-state index contributed by atoms with van der Waals surface area (Å²) in [4.78, 5) is 20.5. The highest BCUT2D eigenvalue weighted by atomic mass is 32.2. The Bertz CT molecular complexity index is 734. The molecule has 8 heteroatoms. The van der Waals surface area contributed by atoms with Crippen molar-refractivity contribution >= 4 is 23.5 Å². The number of fused-ring (bicyclic) bond motifs is 1. The zero-order chi connectivity index (χ0) is 15.6. The van der Waals surface area contributed by atoms with E-state index in [9.17, 15) is 4.79 Å². The second-order valence-corrected chi connectivity index (χ2v) is 5.28. The maximum Gasteiger partial charge on any atom is 0.311 e. The molecule has 7 nitrogen and oxygen atoms in total. The van der Waals surface area contributed by atoms with E-state index in [1.807, 2.05) is 26.2 Å². The highest BCUT2D eigenvalue weighted by Gasteiger charge is 2.17. The first-order valence-corrected chi connectivity index (χ1v) is 7.54. The van der Waals surface area contributed by atoms with E-state index >= 15 is 0 Å². The predicted octanol–water partition coefficient (Wildman–Crippen LogP) is 1.46. The maximum atomic E-state index is 11.8. The van der Waals surface area contributed by atoms with Gasteiger partial charge in [0.05, 0.1) is 6.42 Å². The van der Waals surface area contributed by atoms with Gasteiger partial charge < -0.3 is 4.74 Å². The molecule has 2 aromatic rings. The first-order chi connectivity index (χ1) is 9.96. The first-order valence-electron chi connectivity index (χ1n) is 6.32. The second-order valence-electron chi connectivity index (χ2n) is 4.51. The fourth-order valence-corrected chi connectivity index (χ4v) is 2.28. The Morgan fingerprint density at radius 2 is 2.19 bits per heavy atom. The summed E-state index contributed by atoms with van der Waals surface area (Å²) >= 11 is 1.43. The zero-order valence-electron chi connectivity index (χ0n) is 12.2. The molecule has 0 aliphatic carbocycles. The minimum atomic E-state index is -0.760. The monoisotopic (exact) mass is 305 g/mol. The molecule has 0 unspecified atom stereocenters. The smallest absolute Gasteiger partial charge is 0.311 e. The fraction of sp³-hybridized carbons (Fsp3) is 0.462. The van der Waals surface area contributed by atoms with Crippen molar-refractivity contribution in [3.63, 3.8) is 0 Å². The van der Waals surface area contributed by atoms with Gasteiger partial charge in [-0.15, -0.1) is 5.10 Å². The normalized spacial score (nSPS) is 12.1. The van der Waals surface area contributed by atoms with E-state index in [1.165, 1.54) is 18.7 Å². The molecule has 21 heavy (non-hydrogen) atoms. The maximum absolute atomic E-state index is 11.8. The van der Waals surface area contributed by atoms with Crippen molar-refractivity contribution in [3.8, 4) is 6.07 Å². The van der Waals surface area contributed by atoms with E-state index in [1.54, 1.807) is 4.52 Å². The van der Waals surface area contributed by atoms with Crippen molar-refractivity contribution in [2.45, 2.75) is 38.5 Å². The Labute approximate surface area is 126 Å². The van der Waals surface area contributed by atoms with Crippen molar-refractivity contribution in [3.05, 3.63) is 17.0 Å². The summed E-state index contributed by atoms with van der Waals surface area (Å²) in [5, 5.41) is 13.6. The Kier molecular flexibility index (Phi) is 4.43. The number of esters is 1. The average molecular weight is 305 g/mol. The summed E-state index contributed by atoms with van der Waals surface area (Å²) in [6.45, 7) is 5.20. The number of thioether (sulfide) groups is 1. The molecule has 0 bridgehead atoms. The zero-order valence-corrected chi connectivity index (χ0v) is 13.1. The summed E-state index contributed by atoms with van der Waals surface area (Å²) < 4.78 is 6.59. The number of hydrogen-bond acceptors (Lipinski definition) is 7. The van der Waals surface area contributed by atoms with Crippen LogP contribution in [0.2, 0.25) is 0 Å². The van der Waals surface area contributed by atoms with Crippen LogP contribution in [0.5, 0.6) is 0 Å². The van der Waals surface area contributed by atoms with Crippen molar-refractivity contribution in [2.75, 3.05) is 6.26 Å². The quantitative estimate of drug-likeness (QED) is 0.623. The van der Waals surface area contributed by atoms with Gasteiger partial charge >= 0.3 is 5.97 Å². The summed E-state index contributed by atoms with van der Waals surface area (Å²) in [6, 6.07) is 1.86. The predicted molar refractivity (Wildman–Crippen MR) is 76.9 cm³/mol. The average Bonchev–Trinajstić information content (AvgIpc) is 2.86. The molecule has 0 aliphatic rings. The molecule has 110 valence electrons. The number of carbonyl (C=O) groups excluding carboxylic acids is 1. The molecule has 0 aromatic carbocycles. The number of hydrogen-bond donors (Lipinski definition) is 0. The molecule has 0 spiro atoms. The summed E-state index contributed by atoms with van der Waals surface area (Å²) in [5.41, 5.74) is 2.25. The van der Waals surface area contributed by atoms with Gasteiger partial charge in [0.25, 0.3) is 5.78 Å². The van der Waals surface area contributed by atoms with Gasteiger partial charge in [0, 0.05) is 17.0 Å². The summed E-state index contributed by atoms with van der Waals surface area (Å²) in [6.07, 6.45) is 1.18. The van der Waals surface area contributed by atoms with Gasteiger partial charge in [-0.25, -0.2) is 9.50 Å². The van der Waals surface area contributed by atoms with E-state index < -0.39 is 12.1 Å². The molecular formula is C13H15N5O2S. The van der Waals surface area contributed by atoms with Gasteiger partial charge in [-0.3, -0.25) is 4.79 Å². The van der Waals surface area contributed by atoms with Gasteiger partial charge in [0.2, 0.25) is 5.16 Å². The topological polar surface area (TPSA) is 93.2 Å². The fourth-order valence-electron chi connectivity index (χ4n) is 1.94. The SMILES string of the molecule is CSc1nc2nc(C)c(CC(=O)O[C@H](C)C#N)c(C)n2n1. The van der Waals surface area contributed by atoms with Gasteiger partial charge in [-0.2, -0.15) is 10.2 Å². The van der Waals surface area contributed by atoms with E-state index in [2.05, 4.69) is 15.1 Å². The second kappa shape index (κ2) is 6.10. The molecule has 2 aromatic heterocycles. The van der Waals surface area contributed by atoms with E-state index in [0.29, 0.717) is 16.6 Å². The Morgan fingerprint density at radius 1 is 1.48 bits per heavy atom. The lowest BCUT2D eigenvalue weighted by atomic mass is 10.1. The standard InChI is InChI=1S/C13H15N5O2S/c1-7(6-14)20-11(19)5-10-8(2)15-12-16-13(21-4)17-18(12)9(10)3/h7H,5H2,1-4H3/t7-/m1/s1. The third-order valence-electron chi connectivity index (χ3n) is 3.02. The number of aromatic nitrogens is 4. The lowest BCUT2D eigenvalue weighted by molar-refractivity contribution is -0.145. The van der Waals surface area contributed by atoms with Crippen LogP contribution in [0, 0.1) is 25.2 Å². The van der Waals surface area contributed by atoms with Gasteiger partial charge in [-0.05, 0) is 27.0 Å². The number of rotatable bonds is 4. The Morgan fingerprint density at radius 3 is 2.81 bits per heavy atom. The molecule has 2 rings (SSSR count). The Balaban J connectivity index is 2.35. The number of nitrogens with zero attached hydrogens (tertiary/aromatic N) is 5. The van der Waals surface area contributed by atoms with Crippen LogP contribution in [0.1, 0.15) is 23.9 Å². The molecule has 0 amide bonds. The van der Waals surface area contributed by atoms with Crippen molar-refractivity contribution < 1.29 is 9.53 Å². The number of aryl methyl sites for hydroxylation is 2. The molecule has 0 radical (unpaired) electrons. The number of ether oxygens (including phenoxy) is 1. The molecule has 0 aliphatic heterocycles. The van der Waals surface area contributed by atoms with Gasteiger partial charge in [0.15, 0.2) is 6.10 Å². The van der Waals surface area contributed by atoms with Gasteiger partial charge in [-0.1, -0.05) is 11.8 Å². The molecular weight excluding hydrogens is 290 g/mol. The van der Waals surface area contributed by atoms with Crippen LogP contribution in [0.3, 0.4) is 0 Å². The molecule has 0 N–H and O–H groups in total. The van der Waals surface area contributed by atoms with Crippen LogP contribution in [0.4, 0.5) is 0 Å². The van der Waals surface area contributed by atoms with Gasteiger partial charge in [0.1, 0.15) is 6.07 Å². The molecule has 0 saturated heterocycles. The number of nitriles is 1. The van der Waals surface area contributed by atoms with Crippen LogP contribution in [0.25, 0.3) is 5.78 Å². The summed E-state index contributed by atoms with van der Waals surface area (Å²) in [7, 11) is 0. The van der Waals surface area contributed by atoms with Crippen molar-refractivity contribution in [2.24, 2.45) is 0 Å². The van der Waals surface area contributed by atoms with Crippen LogP contribution >= 0.6 is 11.8 Å². The highest BCUT2D eigenvalue weighted by molar-refractivity contribution is 7.98. The lowest BCUT2D eigenvalue weighted by Gasteiger charge is -2.10. The minimum absolute atomic E-state index is 0.0566. The van der Waals surface area contributed by atoms with E-state index in [-0.39, 0.29) is 6.42 Å². The van der Waals surface area contributed by atoms with Crippen molar-refractivity contribution in [1.82, 2.24) is 19.6 Å². The Hall–Kier alpha value is -2.14. The minimum Gasteiger partial charge on any atom is -0.447 e. The van der Waals surface area contributed by atoms with E-state index in [4.69, 9.17) is 10.00 Å². The number of carbonyl (C=O) groups is 1. The highest BCUT2D eigenvalue weighted by Crippen LogP contribution is 2.17. The summed E-state index contributed by atoms with van der Waals surface area (Å²) in [5.74, 6) is 0.0541. The lowest BCUT2D eigenvalue weighted by Crippen LogP contribution is -2.17. The molecule has 0 saturated carbocycles. The van der Waals surface area contributed by atoms with E-state index in [0.717, 1.165) is 11.3 Å². The molecule has 0 fully saturated rings. The first kappa shape index (κ1) is 15.3. The molecule has 2 heterocycles.